The Kier molecular flexibility index (Phi) is 5.84. The number of benzene rings is 2. The lowest BCUT2D eigenvalue weighted by atomic mass is 10.0. The molecule has 1 N–H and O–H groups in total. The topological polar surface area (TPSA) is 80.1 Å². The van der Waals surface area contributed by atoms with Crippen LogP contribution in [-0.2, 0) is 4.79 Å². The van der Waals surface area contributed by atoms with Crippen LogP contribution in [0.1, 0.15) is 41.0 Å². The number of hydrogen-bond acceptors (Lipinski definition) is 5. The summed E-state index contributed by atoms with van der Waals surface area (Å²) < 4.78 is 1.70. The van der Waals surface area contributed by atoms with E-state index in [0.717, 1.165) is 35.2 Å². The van der Waals surface area contributed by atoms with Crippen molar-refractivity contribution in [2.45, 2.75) is 33.1 Å². The largest absolute Gasteiger partial charge is 0.371 e. The van der Waals surface area contributed by atoms with E-state index in [4.69, 9.17) is 0 Å². The molecule has 7 heteroatoms. The molecule has 0 saturated carbocycles. The lowest BCUT2D eigenvalue weighted by Gasteiger charge is -2.30. The van der Waals surface area contributed by atoms with Crippen molar-refractivity contribution in [2.75, 3.05) is 23.3 Å². The molecule has 172 valence electrons. The predicted octanol–water partition coefficient (Wildman–Crippen LogP) is 4.85. The van der Waals surface area contributed by atoms with E-state index < -0.39 is 11.7 Å². The monoisotopic (exact) mass is 453 g/mol. The lowest BCUT2D eigenvalue weighted by Crippen LogP contribution is -2.29. The molecule has 0 atom stereocenters. The van der Waals surface area contributed by atoms with E-state index in [-0.39, 0.29) is 0 Å². The molecule has 0 radical (unpaired) electrons. The molecule has 3 heterocycles. The van der Waals surface area contributed by atoms with Gasteiger partial charge in [0.1, 0.15) is 0 Å². The van der Waals surface area contributed by atoms with Crippen LogP contribution in [0.4, 0.5) is 11.4 Å². The number of Topliss-reactive ketones (excluding diaryl/α,β-unsaturated/α-hetero) is 1. The van der Waals surface area contributed by atoms with Gasteiger partial charge >= 0.3 is 0 Å². The van der Waals surface area contributed by atoms with Crippen molar-refractivity contribution in [3.05, 3.63) is 77.9 Å². The van der Waals surface area contributed by atoms with Crippen LogP contribution in [0.25, 0.3) is 16.5 Å². The molecule has 1 saturated heterocycles. The number of carbonyl (C=O) groups is 2. The number of pyridine rings is 1. The second-order valence-electron chi connectivity index (χ2n) is 8.68. The maximum Gasteiger partial charge on any atom is 0.296 e. The van der Waals surface area contributed by atoms with Crippen molar-refractivity contribution in [1.82, 2.24) is 14.8 Å². The van der Waals surface area contributed by atoms with E-state index in [0.29, 0.717) is 22.6 Å². The van der Waals surface area contributed by atoms with Gasteiger partial charge in [-0.15, -0.1) is 0 Å². The fraction of sp³-hybridized carbons (Fsp3) is 0.259. The van der Waals surface area contributed by atoms with Crippen LogP contribution in [0, 0.1) is 13.8 Å². The SMILES string of the molecule is Cc1nn(-c2ccccc2)c(C)c1C(=O)C(=O)Nc1ccc(N2CCCCC2)c2ccncc12. The Labute approximate surface area is 198 Å². The smallest absolute Gasteiger partial charge is 0.296 e. The molecule has 0 aliphatic carbocycles. The zero-order valence-corrected chi connectivity index (χ0v) is 19.4. The van der Waals surface area contributed by atoms with Gasteiger partial charge in [0.05, 0.1) is 28.3 Å². The number of nitrogens with one attached hydrogen (secondary N) is 1. The van der Waals surface area contributed by atoms with Crippen molar-refractivity contribution in [3.63, 3.8) is 0 Å². The number of piperidine rings is 1. The quantitative estimate of drug-likeness (QED) is 0.345. The Hall–Kier alpha value is -4.00. The molecule has 0 spiro atoms. The number of hydrogen-bond donors (Lipinski definition) is 1. The molecule has 2 aromatic heterocycles. The number of amides is 1. The van der Waals surface area contributed by atoms with Crippen molar-refractivity contribution in [1.29, 1.82) is 0 Å². The molecule has 1 fully saturated rings. The summed E-state index contributed by atoms with van der Waals surface area (Å²) in [4.78, 5) is 32.9. The molecule has 7 nitrogen and oxygen atoms in total. The maximum atomic E-state index is 13.2. The molecule has 5 rings (SSSR count). The van der Waals surface area contributed by atoms with Crippen molar-refractivity contribution in [2.24, 2.45) is 0 Å². The van der Waals surface area contributed by atoms with E-state index in [1.165, 1.54) is 19.3 Å². The first kappa shape index (κ1) is 21.8. The highest BCUT2D eigenvalue weighted by Crippen LogP contribution is 2.33. The highest BCUT2D eigenvalue weighted by molar-refractivity contribution is 6.47. The van der Waals surface area contributed by atoms with E-state index in [9.17, 15) is 9.59 Å². The first-order valence-corrected chi connectivity index (χ1v) is 11.6. The van der Waals surface area contributed by atoms with Crippen LogP contribution in [0.5, 0.6) is 0 Å². The average Bonchev–Trinajstić information content (AvgIpc) is 3.18. The summed E-state index contributed by atoms with van der Waals surface area (Å²) in [6.07, 6.45) is 7.11. The fourth-order valence-electron chi connectivity index (χ4n) is 4.78. The molecular formula is C27H27N5O2. The highest BCUT2D eigenvalue weighted by Gasteiger charge is 2.26. The van der Waals surface area contributed by atoms with E-state index in [1.807, 2.05) is 48.5 Å². The van der Waals surface area contributed by atoms with Crippen LogP contribution in [0.2, 0.25) is 0 Å². The summed E-state index contributed by atoms with van der Waals surface area (Å²) in [5.41, 5.74) is 4.04. The van der Waals surface area contributed by atoms with Gasteiger partial charge in [-0.25, -0.2) is 4.68 Å². The number of rotatable bonds is 5. The Balaban J connectivity index is 1.45. The summed E-state index contributed by atoms with van der Waals surface area (Å²) in [5, 5.41) is 9.18. The van der Waals surface area contributed by atoms with Crippen molar-refractivity contribution in [3.8, 4) is 5.69 Å². The van der Waals surface area contributed by atoms with Gasteiger partial charge < -0.3 is 10.2 Å². The summed E-state index contributed by atoms with van der Waals surface area (Å²) in [5.74, 6) is -1.29. The second-order valence-corrected chi connectivity index (χ2v) is 8.68. The number of aryl methyl sites for hydroxylation is 1. The van der Waals surface area contributed by atoms with Crippen LogP contribution in [0.15, 0.2) is 60.9 Å². The summed E-state index contributed by atoms with van der Waals surface area (Å²) in [6, 6.07) is 15.4. The Bertz CT molecular complexity index is 1370. The average molecular weight is 454 g/mol. The number of fused-ring (bicyclic) bond motifs is 1. The summed E-state index contributed by atoms with van der Waals surface area (Å²) >= 11 is 0. The van der Waals surface area contributed by atoms with Gasteiger partial charge in [-0.2, -0.15) is 5.10 Å². The number of ketones is 1. The van der Waals surface area contributed by atoms with Crippen LogP contribution in [-0.4, -0.2) is 39.5 Å². The summed E-state index contributed by atoms with van der Waals surface area (Å²) in [6.45, 7) is 5.59. The minimum Gasteiger partial charge on any atom is -0.371 e. The van der Waals surface area contributed by atoms with Gasteiger partial charge in [-0.1, -0.05) is 18.2 Å². The first-order valence-electron chi connectivity index (χ1n) is 11.6. The summed E-state index contributed by atoms with van der Waals surface area (Å²) in [7, 11) is 0. The molecule has 0 bridgehead atoms. The Morgan fingerprint density at radius 1 is 0.912 bits per heavy atom. The fourth-order valence-corrected chi connectivity index (χ4v) is 4.78. The number of aromatic nitrogens is 3. The second kappa shape index (κ2) is 9.09. The third kappa shape index (κ3) is 3.94. The Morgan fingerprint density at radius 3 is 2.44 bits per heavy atom. The van der Waals surface area contributed by atoms with Crippen LogP contribution >= 0.6 is 0 Å². The molecular weight excluding hydrogens is 426 g/mol. The normalized spacial score (nSPS) is 13.8. The molecule has 1 aliphatic heterocycles. The highest BCUT2D eigenvalue weighted by atomic mass is 16.2. The number of carbonyl (C=O) groups excluding carboxylic acids is 2. The predicted molar refractivity (Wildman–Crippen MR) is 134 cm³/mol. The van der Waals surface area contributed by atoms with Gasteiger partial charge in [0.2, 0.25) is 0 Å². The molecule has 0 unspecified atom stereocenters. The minimum atomic E-state index is -0.685. The van der Waals surface area contributed by atoms with Gasteiger partial charge in [0.15, 0.2) is 0 Å². The maximum absolute atomic E-state index is 13.2. The zero-order chi connectivity index (χ0) is 23.7. The Morgan fingerprint density at radius 2 is 1.68 bits per heavy atom. The molecule has 2 aromatic carbocycles. The number of para-hydroxylation sites is 1. The third-order valence-corrected chi connectivity index (χ3v) is 6.47. The zero-order valence-electron chi connectivity index (χ0n) is 19.4. The van der Waals surface area contributed by atoms with Gasteiger partial charge in [-0.3, -0.25) is 14.6 Å². The lowest BCUT2D eigenvalue weighted by molar-refractivity contribution is -0.112. The number of anilines is 2. The van der Waals surface area contributed by atoms with Gasteiger partial charge in [0.25, 0.3) is 11.7 Å². The standard InChI is InChI=1S/C27H27N5O2/c1-18-25(19(2)32(30-18)20-9-5-3-6-10-20)26(33)27(34)29-23-11-12-24(31-15-7-4-8-16-31)21-13-14-28-17-22(21)23/h3,5-6,9-14,17H,4,7-8,15-16H2,1-2H3,(H,29,34). The van der Waals surface area contributed by atoms with E-state index in [1.54, 1.807) is 30.9 Å². The molecule has 4 aromatic rings. The molecule has 34 heavy (non-hydrogen) atoms. The van der Waals surface area contributed by atoms with Crippen molar-refractivity contribution >= 4 is 33.8 Å². The van der Waals surface area contributed by atoms with Crippen LogP contribution in [0.3, 0.4) is 0 Å². The van der Waals surface area contributed by atoms with Crippen LogP contribution < -0.4 is 10.2 Å². The molecule has 1 aliphatic rings. The number of nitrogens with zero attached hydrogens (tertiary/aromatic N) is 4. The molecule has 1 amide bonds. The van der Waals surface area contributed by atoms with Crippen molar-refractivity contribution < 1.29 is 9.59 Å². The first-order chi connectivity index (χ1) is 16.5. The minimum absolute atomic E-state index is 0.328. The van der Waals surface area contributed by atoms with Gasteiger partial charge in [0, 0.05) is 41.9 Å². The van der Waals surface area contributed by atoms with E-state index >= 15 is 0 Å². The van der Waals surface area contributed by atoms with Gasteiger partial charge in [-0.05, 0) is 63.4 Å². The van der Waals surface area contributed by atoms with E-state index in [2.05, 4.69) is 20.3 Å². The third-order valence-electron chi connectivity index (χ3n) is 6.47.